The molecular weight excluding hydrogens is 132 g/mol. The number of carbonyl (C=O) groups is 2. The van der Waals surface area contributed by atoms with E-state index in [0.717, 1.165) is 0 Å². The Morgan fingerprint density at radius 3 is 2.50 bits per heavy atom. The number of hydrogen-bond acceptors (Lipinski definition) is 3. The number of ether oxygens (including phenoxy) is 1. The van der Waals surface area contributed by atoms with E-state index < -0.39 is 12.1 Å². The first-order valence-electron chi connectivity index (χ1n) is 2.89. The molecule has 56 valence electrons. The van der Waals surface area contributed by atoms with E-state index in [1.54, 1.807) is 0 Å². The summed E-state index contributed by atoms with van der Waals surface area (Å²) in [5.74, 6) is -0.528. The van der Waals surface area contributed by atoms with Crippen LogP contribution >= 0.6 is 0 Å². The van der Waals surface area contributed by atoms with Crippen molar-refractivity contribution in [3.8, 4) is 0 Å². The lowest BCUT2D eigenvalue weighted by molar-refractivity contribution is -0.146. The average Bonchev–Trinajstić information content (AvgIpc) is 1.87. The van der Waals surface area contributed by atoms with E-state index >= 15 is 0 Å². The standard InChI is InChI=1S/C7H10O3/c1-5(2)7(9)10-6(3)4-8/h4,6H,1H2,2-3H3. The zero-order valence-corrected chi connectivity index (χ0v) is 6.09. The molecule has 0 radical (unpaired) electrons. The normalized spacial score (nSPS) is 11.8. The van der Waals surface area contributed by atoms with Crippen molar-refractivity contribution in [2.24, 2.45) is 0 Å². The summed E-state index contributed by atoms with van der Waals surface area (Å²) >= 11 is 0. The molecular formula is C7H10O3. The Kier molecular flexibility index (Phi) is 3.39. The third-order valence-corrected chi connectivity index (χ3v) is 0.833. The Bertz CT molecular complexity index is 160. The van der Waals surface area contributed by atoms with Crippen molar-refractivity contribution in [1.29, 1.82) is 0 Å². The van der Waals surface area contributed by atoms with Crippen molar-refractivity contribution in [1.82, 2.24) is 0 Å². The number of carbonyl (C=O) groups excluding carboxylic acids is 2. The van der Waals surface area contributed by atoms with Gasteiger partial charge in [0.05, 0.1) is 0 Å². The minimum Gasteiger partial charge on any atom is -0.452 e. The van der Waals surface area contributed by atoms with Crippen molar-refractivity contribution in [2.75, 3.05) is 0 Å². The Morgan fingerprint density at radius 1 is 1.70 bits per heavy atom. The maximum absolute atomic E-state index is 10.6. The Hall–Kier alpha value is -1.12. The number of rotatable bonds is 3. The van der Waals surface area contributed by atoms with Crippen molar-refractivity contribution >= 4 is 12.3 Å². The van der Waals surface area contributed by atoms with E-state index in [-0.39, 0.29) is 0 Å². The molecule has 3 heteroatoms. The fourth-order valence-electron chi connectivity index (χ4n) is 0.297. The van der Waals surface area contributed by atoms with Gasteiger partial charge in [-0.25, -0.2) is 4.79 Å². The van der Waals surface area contributed by atoms with Gasteiger partial charge in [0.25, 0.3) is 0 Å². The van der Waals surface area contributed by atoms with E-state index in [0.29, 0.717) is 11.9 Å². The molecule has 0 aliphatic heterocycles. The summed E-state index contributed by atoms with van der Waals surface area (Å²) in [6.45, 7) is 6.37. The molecule has 0 aliphatic carbocycles. The first-order valence-corrected chi connectivity index (χ1v) is 2.89. The van der Waals surface area contributed by atoms with Crippen molar-refractivity contribution < 1.29 is 14.3 Å². The average molecular weight is 142 g/mol. The second-order valence-corrected chi connectivity index (χ2v) is 2.03. The highest BCUT2D eigenvalue weighted by atomic mass is 16.5. The molecule has 3 nitrogen and oxygen atoms in total. The van der Waals surface area contributed by atoms with Gasteiger partial charge in [-0.3, -0.25) is 4.79 Å². The van der Waals surface area contributed by atoms with Gasteiger partial charge in [-0.05, 0) is 13.8 Å². The second-order valence-electron chi connectivity index (χ2n) is 2.03. The molecule has 0 aromatic heterocycles. The minimum atomic E-state index is -0.677. The minimum absolute atomic E-state index is 0.300. The van der Waals surface area contributed by atoms with Gasteiger partial charge in [-0.1, -0.05) is 6.58 Å². The number of aldehydes is 1. The molecule has 1 unspecified atom stereocenters. The summed E-state index contributed by atoms with van der Waals surface area (Å²) in [5.41, 5.74) is 0.300. The van der Waals surface area contributed by atoms with Crippen LogP contribution in [0.5, 0.6) is 0 Å². The van der Waals surface area contributed by atoms with Crippen molar-refractivity contribution in [3.63, 3.8) is 0 Å². The predicted octanol–water partition coefficient (Wildman–Crippen LogP) is 0.693. The van der Waals surface area contributed by atoms with Crippen LogP contribution in [-0.4, -0.2) is 18.4 Å². The fourth-order valence-corrected chi connectivity index (χ4v) is 0.297. The van der Waals surface area contributed by atoms with Crippen LogP contribution in [0.25, 0.3) is 0 Å². The highest BCUT2D eigenvalue weighted by Crippen LogP contribution is 1.94. The van der Waals surface area contributed by atoms with Gasteiger partial charge in [0.2, 0.25) is 0 Å². The predicted molar refractivity (Wildman–Crippen MR) is 36.4 cm³/mol. The first kappa shape index (κ1) is 8.88. The van der Waals surface area contributed by atoms with Gasteiger partial charge in [0.1, 0.15) is 0 Å². The monoisotopic (exact) mass is 142 g/mol. The zero-order chi connectivity index (χ0) is 8.15. The smallest absolute Gasteiger partial charge is 0.333 e. The molecule has 0 saturated heterocycles. The van der Waals surface area contributed by atoms with E-state index in [9.17, 15) is 9.59 Å². The van der Waals surface area contributed by atoms with Gasteiger partial charge in [0, 0.05) is 5.57 Å². The molecule has 0 amide bonds. The topological polar surface area (TPSA) is 43.4 Å². The van der Waals surface area contributed by atoms with Crippen molar-refractivity contribution in [2.45, 2.75) is 20.0 Å². The van der Waals surface area contributed by atoms with Crippen LogP contribution < -0.4 is 0 Å². The summed E-state index contributed by atoms with van der Waals surface area (Å²) < 4.78 is 4.55. The third kappa shape index (κ3) is 3.02. The molecule has 0 bridgehead atoms. The van der Waals surface area contributed by atoms with Crippen molar-refractivity contribution in [3.05, 3.63) is 12.2 Å². The highest BCUT2D eigenvalue weighted by Gasteiger charge is 2.07. The fraction of sp³-hybridized carbons (Fsp3) is 0.429. The van der Waals surface area contributed by atoms with Crippen LogP contribution in [0, 0.1) is 0 Å². The molecule has 1 atom stereocenters. The summed E-state index contributed by atoms with van der Waals surface area (Å²) in [6, 6.07) is 0. The quantitative estimate of drug-likeness (QED) is 0.331. The van der Waals surface area contributed by atoms with E-state index in [2.05, 4.69) is 11.3 Å². The number of hydrogen-bond donors (Lipinski definition) is 0. The van der Waals surface area contributed by atoms with Crippen LogP contribution in [0.1, 0.15) is 13.8 Å². The first-order chi connectivity index (χ1) is 4.57. The highest BCUT2D eigenvalue weighted by molar-refractivity contribution is 5.88. The van der Waals surface area contributed by atoms with Crippen LogP contribution in [0.15, 0.2) is 12.2 Å². The van der Waals surface area contributed by atoms with Gasteiger partial charge in [0.15, 0.2) is 12.4 Å². The molecule has 0 rings (SSSR count). The SMILES string of the molecule is C=C(C)C(=O)OC(C)C=O. The van der Waals surface area contributed by atoms with Gasteiger partial charge in [-0.15, -0.1) is 0 Å². The molecule has 10 heavy (non-hydrogen) atoms. The molecule has 0 spiro atoms. The second kappa shape index (κ2) is 3.82. The third-order valence-electron chi connectivity index (χ3n) is 0.833. The molecule has 0 heterocycles. The largest absolute Gasteiger partial charge is 0.452 e. The van der Waals surface area contributed by atoms with E-state index in [1.165, 1.54) is 13.8 Å². The summed E-state index contributed by atoms with van der Waals surface area (Å²) in [7, 11) is 0. The lowest BCUT2D eigenvalue weighted by atomic mass is 10.3. The lowest BCUT2D eigenvalue weighted by Crippen LogP contribution is -2.15. The van der Waals surface area contributed by atoms with E-state index in [4.69, 9.17) is 0 Å². The van der Waals surface area contributed by atoms with Crippen LogP contribution in [-0.2, 0) is 14.3 Å². The maximum atomic E-state index is 10.6. The Labute approximate surface area is 59.7 Å². The van der Waals surface area contributed by atoms with Crippen LogP contribution in [0.4, 0.5) is 0 Å². The summed E-state index contributed by atoms with van der Waals surface area (Å²) in [6.07, 6.45) is -0.120. The van der Waals surface area contributed by atoms with Crippen LogP contribution in [0.3, 0.4) is 0 Å². The Morgan fingerprint density at radius 2 is 2.20 bits per heavy atom. The van der Waals surface area contributed by atoms with Gasteiger partial charge < -0.3 is 4.74 Å². The number of esters is 1. The summed E-state index contributed by atoms with van der Waals surface area (Å²) in [4.78, 5) is 20.6. The molecule has 0 N–H and O–H groups in total. The molecule has 0 fully saturated rings. The zero-order valence-electron chi connectivity index (χ0n) is 6.09. The summed E-state index contributed by atoms with van der Waals surface area (Å²) in [5, 5.41) is 0. The maximum Gasteiger partial charge on any atom is 0.333 e. The molecule has 0 aromatic rings. The Balaban J connectivity index is 3.79. The molecule has 0 aromatic carbocycles. The molecule has 0 saturated carbocycles. The molecule has 0 aliphatic rings. The van der Waals surface area contributed by atoms with Gasteiger partial charge in [-0.2, -0.15) is 0 Å². The van der Waals surface area contributed by atoms with Crippen LogP contribution in [0.2, 0.25) is 0 Å². The lowest BCUT2D eigenvalue weighted by Gasteiger charge is -2.04. The van der Waals surface area contributed by atoms with Gasteiger partial charge >= 0.3 is 5.97 Å². The van der Waals surface area contributed by atoms with E-state index in [1.807, 2.05) is 0 Å².